The molecule has 0 aliphatic carbocycles. The topological polar surface area (TPSA) is 108 Å². The van der Waals surface area contributed by atoms with Crippen LogP contribution in [0.5, 0.6) is 0 Å². The Labute approximate surface area is 94.8 Å². The zero-order valence-electron chi connectivity index (χ0n) is 9.30. The summed E-state index contributed by atoms with van der Waals surface area (Å²) in [7, 11) is 0. The lowest BCUT2D eigenvalue weighted by Gasteiger charge is -2.12. The van der Waals surface area contributed by atoms with E-state index >= 15 is 0 Å². The molecule has 0 rings (SSSR count). The molecule has 0 saturated heterocycles. The molecule has 0 saturated carbocycles. The van der Waals surface area contributed by atoms with Crippen molar-refractivity contribution in [3.05, 3.63) is 12.2 Å². The molecule has 5 N–H and O–H groups in total. The third-order valence-corrected chi connectivity index (χ3v) is 1.82. The van der Waals surface area contributed by atoms with Crippen LogP contribution in [0.4, 0.5) is 0 Å². The number of nitrogens with two attached hydrogens (primary N) is 1. The first-order valence-electron chi connectivity index (χ1n) is 4.89. The summed E-state index contributed by atoms with van der Waals surface area (Å²) in [5, 5.41) is 12.0. The minimum Gasteiger partial charge on any atom is -0.370 e. The van der Waals surface area contributed by atoms with E-state index in [1.165, 1.54) is 0 Å². The molecule has 0 fully saturated rings. The third-order valence-electron chi connectivity index (χ3n) is 1.82. The molecule has 0 spiro atoms. The summed E-state index contributed by atoms with van der Waals surface area (Å²) in [6, 6.07) is -0.641. The second-order valence-electron chi connectivity index (χ2n) is 3.41. The van der Waals surface area contributed by atoms with Crippen molar-refractivity contribution in [3.63, 3.8) is 0 Å². The molecular formula is C10H17N4O2. The monoisotopic (exact) mass is 225 g/mol. The maximum atomic E-state index is 11.2. The van der Waals surface area contributed by atoms with Gasteiger partial charge in [-0.3, -0.25) is 15.0 Å². The van der Waals surface area contributed by atoms with Crippen LogP contribution in [0.3, 0.4) is 0 Å². The van der Waals surface area contributed by atoms with Crippen LogP contribution in [0.1, 0.15) is 19.8 Å². The lowest BCUT2D eigenvalue weighted by molar-refractivity contribution is -0.117. The summed E-state index contributed by atoms with van der Waals surface area (Å²) >= 11 is 0. The highest BCUT2D eigenvalue weighted by Gasteiger charge is 2.11. The van der Waals surface area contributed by atoms with E-state index in [1.807, 2.05) is 0 Å². The number of carbonyl (C=O) groups excluding carboxylic acids is 2. The smallest absolute Gasteiger partial charge is 0.246 e. The number of amides is 1. The number of hydrogen-bond donors (Lipinski definition) is 4. The Morgan fingerprint density at radius 2 is 2.25 bits per heavy atom. The molecule has 16 heavy (non-hydrogen) atoms. The molecule has 0 aromatic carbocycles. The van der Waals surface area contributed by atoms with Crippen LogP contribution in [-0.2, 0) is 9.59 Å². The van der Waals surface area contributed by atoms with Gasteiger partial charge in [-0.1, -0.05) is 6.58 Å². The van der Waals surface area contributed by atoms with Gasteiger partial charge in [-0.2, -0.15) is 0 Å². The summed E-state index contributed by atoms with van der Waals surface area (Å²) < 4.78 is 0. The van der Waals surface area contributed by atoms with Crippen molar-refractivity contribution in [2.24, 2.45) is 5.73 Å². The zero-order valence-corrected chi connectivity index (χ0v) is 9.30. The first-order chi connectivity index (χ1) is 7.47. The second kappa shape index (κ2) is 7.44. The minimum atomic E-state index is -0.641. The molecule has 6 nitrogen and oxygen atoms in total. The molecule has 0 heterocycles. The van der Waals surface area contributed by atoms with Gasteiger partial charge in [-0.05, 0) is 19.8 Å². The molecule has 89 valence electrons. The Morgan fingerprint density at radius 3 is 2.69 bits per heavy atom. The number of carbonyl (C=O) groups is 1. The van der Waals surface area contributed by atoms with Crippen LogP contribution in [-0.4, -0.2) is 30.7 Å². The fourth-order valence-electron chi connectivity index (χ4n) is 0.971. The van der Waals surface area contributed by atoms with E-state index in [1.54, 1.807) is 13.2 Å². The predicted molar refractivity (Wildman–Crippen MR) is 61.6 cm³/mol. The van der Waals surface area contributed by atoms with Gasteiger partial charge in [0.2, 0.25) is 12.2 Å². The third kappa shape index (κ3) is 6.58. The molecule has 0 aliphatic heterocycles. The molecule has 0 aliphatic rings. The maximum Gasteiger partial charge on any atom is 0.246 e. The van der Waals surface area contributed by atoms with Crippen molar-refractivity contribution >= 4 is 18.2 Å². The van der Waals surface area contributed by atoms with Crippen LogP contribution in [0.2, 0.25) is 0 Å². The molecule has 0 aromatic rings. The van der Waals surface area contributed by atoms with E-state index in [2.05, 4.69) is 17.2 Å². The number of nitrogens with one attached hydrogen (secondary N) is 3. The summed E-state index contributed by atoms with van der Waals surface area (Å²) in [6.07, 6.45) is 2.79. The predicted octanol–water partition coefficient (Wildman–Crippen LogP) is -0.580. The lowest BCUT2D eigenvalue weighted by atomic mass is 10.1. The van der Waals surface area contributed by atoms with E-state index in [0.29, 0.717) is 25.0 Å². The highest BCUT2D eigenvalue weighted by molar-refractivity contribution is 5.93. The second-order valence-corrected chi connectivity index (χ2v) is 3.41. The summed E-state index contributed by atoms with van der Waals surface area (Å²) in [5.74, 6) is -0.467. The Bertz CT molecular complexity index is 289. The normalized spacial score (nSPS) is 11.3. The SMILES string of the molecule is C=C(C)C(=O)NC([C]=O)CCCNC(=N)N. The average molecular weight is 225 g/mol. The van der Waals surface area contributed by atoms with Crippen LogP contribution in [0.15, 0.2) is 12.2 Å². The van der Waals surface area contributed by atoms with Gasteiger partial charge in [-0.25, -0.2) is 0 Å². The van der Waals surface area contributed by atoms with Gasteiger partial charge in [0.15, 0.2) is 5.96 Å². The van der Waals surface area contributed by atoms with Gasteiger partial charge in [-0.15, -0.1) is 0 Å². The summed E-state index contributed by atoms with van der Waals surface area (Å²) in [4.78, 5) is 21.7. The molecule has 0 aromatic heterocycles. The van der Waals surface area contributed by atoms with Crippen LogP contribution in [0.25, 0.3) is 0 Å². The van der Waals surface area contributed by atoms with Crippen molar-refractivity contribution in [1.29, 1.82) is 5.41 Å². The van der Waals surface area contributed by atoms with E-state index in [0.717, 1.165) is 0 Å². The average Bonchev–Trinajstić information content (AvgIpc) is 2.21. The molecular weight excluding hydrogens is 208 g/mol. The first-order valence-corrected chi connectivity index (χ1v) is 4.89. The Kier molecular flexibility index (Phi) is 6.58. The van der Waals surface area contributed by atoms with Crippen molar-refractivity contribution in [3.8, 4) is 0 Å². The van der Waals surface area contributed by atoms with E-state index in [9.17, 15) is 9.59 Å². The Balaban J connectivity index is 3.84. The fraction of sp³-hybridized carbons (Fsp3) is 0.500. The van der Waals surface area contributed by atoms with Gasteiger partial charge in [0.25, 0.3) is 0 Å². The standard InChI is InChI=1S/C10H17N4O2/c1-7(2)9(16)14-8(6-15)4-3-5-13-10(11)12/h8H,1,3-5H2,2H3,(H,14,16)(H4,11,12,13). The van der Waals surface area contributed by atoms with E-state index < -0.39 is 6.04 Å². The maximum absolute atomic E-state index is 11.2. The van der Waals surface area contributed by atoms with Crippen molar-refractivity contribution in [2.45, 2.75) is 25.8 Å². The highest BCUT2D eigenvalue weighted by Crippen LogP contribution is 1.96. The number of rotatable bonds is 7. The molecule has 1 atom stereocenters. The van der Waals surface area contributed by atoms with Gasteiger partial charge in [0.1, 0.15) is 0 Å². The fourth-order valence-corrected chi connectivity index (χ4v) is 0.971. The van der Waals surface area contributed by atoms with Crippen LogP contribution >= 0.6 is 0 Å². The van der Waals surface area contributed by atoms with Gasteiger partial charge in [0.05, 0.1) is 6.04 Å². The zero-order chi connectivity index (χ0) is 12.6. The van der Waals surface area contributed by atoms with Crippen molar-refractivity contribution < 1.29 is 9.59 Å². The van der Waals surface area contributed by atoms with Gasteiger partial charge < -0.3 is 16.4 Å². The van der Waals surface area contributed by atoms with E-state index in [4.69, 9.17) is 11.1 Å². The van der Waals surface area contributed by atoms with Crippen LogP contribution < -0.4 is 16.4 Å². The molecule has 1 unspecified atom stereocenters. The Hall–Kier alpha value is -1.85. The molecule has 1 amide bonds. The first kappa shape index (κ1) is 14.2. The molecule has 1 radical (unpaired) electrons. The highest BCUT2D eigenvalue weighted by atomic mass is 16.2. The largest absolute Gasteiger partial charge is 0.370 e. The quantitative estimate of drug-likeness (QED) is 0.201. The van der Waals surface area contributed by atoms with Crippen LogP contribution in [0, 0.1) is 5.41 Å². The number of guanidine groups is 1. The number of hydrogen-bond acceptors (Lipinski definition) is 3. The van der Waals surface area contributed by atoms with Gasteiger partial charge in [0, 0.05) is 12.1 Å². The van der Waals surface area contributed by atoms with Crippen molar-refractivity contribution in [1.82, 2.24) is 10.6 Å². The lowest BCUT2D eigenvalue weighted by Crippen LogP contribution is -2.37. The van der Waals surface area contributed by atoms with Gasteiger partial charge >= 0.3 is 0 Å². The molecule has 0 bridgehead atoms. The van der Waals surface area contributed by atoms with E-state index in [-0.39, 0.29) is 11.9 Å². The molecule has 6 heteroatoms. The summed E-state index contributed by atoms with van der Waals surface area (Å²) in [5.41, 5.74) is 5.42. The minimum absolute atomic E-state index is 0.113. The van der Waals surface area contributed by atoms with Crippen molar-refractivity contribution in [2.75, 3.05) is 6.54 Å². The Morgan fingerprint density at radius 1 is 1.62 bits per heavy atom. The summed E-state index contributed by atoms with van der Waals surface area (Å²) in [6.45, 7) is 5.51.